The number of carbonyl (C=O) groups is 1. The van der Waals surface area contributed by atoms with Gasteiger partial charge in [-0.05, 0) is 67.6 Å². The zero-order valence-electron chi connectivity index (χ0n) is 21.3. The molecule has 0 radical (unpaired) electrons. The van der Waals surface area contributed by atoms with Gasteiger partial charge in [0, 0.05) is 30.6 Å². The number of methoxy groups -OCH3 is 2. The first kappa shape index (κ1) is 26.2. The highest BCUT2D eigenvalue weighted by molar-refractivity contribution is 7.80. The second kappa shape index (κ2) is 11.5. The molecule has 0 spiro atoms. The van der Waals surface area contributed by atoms with Crippen molar-refractivity contribution < 1.29 is 19.4 Å². The van der Waals surface area contributed by atoms with Gasteiger partial charge < -0.3 is 25.2 Å². The van der Waals surface area contributed by atoms with Gasteiger partial charge in [0.15, 0.2) is 16.6 Å². The van der Waals surface area contributed by atoms with Crippen molar-refractivity contribution in [2.24, 2.45) is 0 Å². The van der Waals surface area contributed by atoms with E-state index in [4.69, 9.17) is 21.7 Å². The zero-order chi connectivity index (χ0) is 25.7. The van der Waals surface area contributed by atoms with Crippen molar-refractivity contribution in [2.75, 3.05) is 20.8 Å². The molecular weight excluding hydrogens is 474 g/mol. The van der Waals surface area contributed by atoms with Crippen LogP contribution in [0, 0.1) is 0 Å². The summed E-state index contributed by atoms with van der Waals surface area (Å²) in [5, 5.41) is 17.5. The van der Waals surface area contributed by atoms with Crippen molar-refractivity contribution in [1.82, 2.24) is 15.5 Å². The van der Waals surface area contributed by atoms with Gasteiger partial charge in [-0.25, -0.2) is 0 Å². The topological polar surface area (TPSA) is 83.1 Å². The maximum absolute atomic E-state index is 12.2. The van der Waals surface area contributed by atoms with Gasteiger partial charge in [-0.3, -0.25) is 9.69 Å². The molecule has 0 bridgehead atoms. The molecule has 4 atom stereocenters. The number of carboxylic acids is 1. The first-order valence-electron chi connectivity index (χ1n) is 12.7. The Kier molecular flexibility index (Phi) is 8.36. The monoisotopic (exact) mass is 511 g/mol. The molecule has 3 N–H and O–H groups in total. The van der Waals surface area contributed by atoms with Crippen molar-refractivity contribution in [1.29, 1.82) is 0 Å². The second-order valence-electron chi connectivity index (χ2n) is 9.78. The van der Waals surface area contributed by atoms with E-state index in [0.29, 0.717) is 29.6 Å². The summed E-state index contributed by atoms with van der Waals surface area (Å²) in [6.45, 7) is 3.38. The molecule has 1 heterocycles. The highest BCUT2D eigenvalue weighted by atomic mass is 32.1. The van der Waals surface area contributed by atoms with E-state index in [0.717, 1.165) is 32.2 Å². The van der Waals surface area contributed by atoms with Gasteiger partial charge in [0.1, 0.15) is 6.04 Å². The summed E-state index contributed by atoms with van der Waals surface area (Å²) in [6.07, 6.45) is 4.21. The third-order valence-corrected chi connectivity index (χ3v) is 8.22. The Hall–Kier alpha value is -2.84. The quantitative estimate of drug-likeness (QED) is 0.434. The standard InChI is InChI=1S/C28H37N3O4S/c1-4-22(26(32)33)31-15-14-28(20-10-11-23(34-2)24(16-20)35-3)13-12-21(17-25(28)31)30-27(36)29-18-19-8-6-5-7-9-19/h5-11,16,21-22,25H,4,12-15,17-18H2,1-3H3,(H,32,33)(H2,29,30,36)/t21-,22?,25+,28+/m1/s1. The molecule has 7 nitrogen and oxygen atoms in total. The van der Waals surface area contributed by atoms with Gasteiger partial charge in [0.25, 0.3) is 0 Å². The number of benzene rings is 2. The van der Waals surface area contributed by atoms with Crippen LogP contribution in [0.4, 0.5) is 0 Å². The molecule has 1 saturated carbocycles. The lowest BCUT2D eigenvalue weighted by Gasteiger charge is -2.46. The first-order chi connectivity index (χ1) is 17.4. The predicted molar refractivity (Wildman–Crippen MR) is 145 cm³/mol. The molecular formula is C28H37N3O4S. The summed E-state index contributed by atoms with van der Waals surface area (Å²) in [4.78, 5) is 14.4. The molecule has 0 aromatic heterocycles. The van der Waals surface area contributed by atoms with Crippen molar-refractivity contribution >= 4 is 23.3 Å². The van der Waals surface area contributed by atoms with Crippen molar-refractivity contribution in [3.63, 3.8) is 0 Å². The number of hydrogen-bond donors (Lipinski definition) is 3. The van der Waals surface area contributed by atoms with Crippen LogP contribution in [0.1, 0.15) is 50.2 Å². The number of nitrogens with zero attached hydrogens (tertiary/aromatic N) is 1. The minimum Gasteiger partial charge on any atom is -0.493 e. The Labute approximate surface area is 219 Å². The molecule has 2 aliphatic rings. The largest absolute Gasteiger partial charge is 0.493 e. The molecule has 2 aromatic rings. The van der Waals surface area contributed by atoms with Crippen LogP contribution >= 0.6 is 12.2 Å². The number of likely N-dealkylation sites (tertiary alicyclic amines) is 1. The van der Waals surface area contributed by atoms with Gasteiger partial charge in [-0.2, -0.15) is 0 Å². The van der Waals surface area contributed by atoms with Crippen LogP contribution in [-0.2, 0) is 16.8 Å². The summed E-state index contributed by atoms with van der Waals surface area (Å²) in [6, 6.07) is 16.1. The normalized spacial score (nSPS) is 24.4. The Balaban J connectivity index is 1.55. The Bertz CT molecular complexity index is 1070. The lowest BCUT2D eigenvalue weighted by molar-refractivity contribution is -0.144. The summed E-state index contributed by atoms with van der Waals surface area (Å²) in [7, 11) is 3.29. The first-order valence-corrected chi connectivity index (χ1v) is 13.1. The number of rotatable bonds is 9. The number of thiocarbonyl (C=S) groups is 1. The number of aliphatic carboxylic acids is 1. The molecule has 1 saturated heterocycles. The van der Waals surface area contributed by atoms with Crippen LogP contribution < -0.4 is 20.1 Å². The molecule has 2 fully saturated rings. The van der Waals surface area contributed by atoms with Gasteiger partial charge in [-0.1, -0.05) is 43.3 Å². The molecule has 8 heteroatoms. The molecule has 2 aromatic carbocycles. The summed E-state index contributed by atoms with van der Waals surface area (Å²) in [5.41, 5.74) is 2.22. The molecule has 1 aliphatic heterocycles. The minimum atomic E-state index is -0.754. The predicted octanol–water partition coefficient (Wildman–Crippen LogP) is 4.10. The van der Waals surface area contributed by atoms with Gasteiger partial charge in [0.2, 0.25) is 0 Å². The SMILES string of the molecule is CCC(C(=O)O)N1CC[C@]2(c3ccc(OC)c(OC)c3)CC[C@@H](NC(=S)NCc3ccccc3)C[C@H]12. The highest BCUT2D eigenvalue weighted by Crippen LogP contribution is 2.51. The Morgan fingerprint density at radius 1 is 1.17 bits per heavy atom. The van der Waals surface area contributed by atoms with Crippen molar-refractivity contribution in [3.8, 4) is 11.5 Å². The van der Waals surface area contributed by atoms with Gasteiger partial charge >= 0.3 is 5.97 Å². The van der Waals surface area contributed by atoms with Crippen LogP contribution in [0.3, 0.4) is 0 Å². The summed E-state index contributed by atoms with van der Waals surface area (Å²) < 4.78 is 11.1. The van der Waals surface area contributed by atoms with E-state index >= 15 is 0 Å². The summed E-state index contributed by atoms with van der Waals surface area (Å²) >= 11 is 5.62. The maximum atomic E-state index is 12.2. The summed E-state index contributed by atoms with van der Waals surface area (Å²) in [5.74, 6) is 0.653. The van der Waals surface area contributed by atoms with Gasteiger partial charge in [-0.15, -0.1) is 0 Å². The smallest absolute Gasteiger partial charge is 0.320 e. The molecule has 1 unspecified atom stereocenters. The molecule has 36 heavy (non-hydrogen) atoms. The van der Waals surface area contributed by atoms with Crippen molar-refractivity contribution in [3.05, 3.63) is 59.7 Å². The number of fused-ring (bicyclic) bond motifs is 1. The Morgan fingerprint density at radius 2 is 1.92 bits per heavy atom. The lowest BCUT2D eigenvalue weighted by Crippen LogP contribution is -2.56. The second-order valence-corrected chi connectivity index (χ2v) is 10.2. The van der Waals surface area contributed by atoms with Crippen LogP contribution in [0.15, 0.2) is 48.5 Å². The van der Waals surface area contributed by atoms with E-state index in [1.165, 1.54) is 11.1 Å². The number of nitrogens with one attached hydrogen (secondary N) is 2. The lowest BCUT2D eigenvalue weighted by atomic mass is 9.65. The number of ether oxygens (including phenoxy) is 2. The number of hydrogen-bond acceptors (Lipinski definition) is 5. The fraction of sp³-hybridized carbons (Fsp3) is 0.500. The average Bonchev–Trinajstić information content (AvgIpc) is 3.27. The fourth-order valence-electron chi connectivity index (χ4n) is 6.14. The van der Waals surface area contributed by atoms with E-state index in [9.17, 15) is 9.90 Å². The van der Waals surface area contributed by atoms with Crippen LogP contribution in [0.5, 0.6) is 11.5 Å². The van der Waals surface area contributed by atoms with E-state index < -0.39 is 12.0 Å². The van der Waals surface area contributed by atoms with E-state index in [-0.39, 0.29) is 17.5 Å². The maximum Gasteiger partial charge on any atom is 0.320 e. The van der Waals surface area contributed by atoms with Crippen LogP contribution in [0.2, 0.25) is 0 Å². The third kappa shape index (κ3) is 5.30. The van der Waals surface area contributed by atoms with E-state index in [1.807, 2.05) is 31.2 Å². The average molecular weight is 512 g/mol. The minimum absolute atomic E-state index is 0.0832. The zero-order valence-corrected chi connectivity index (χ0v) is 22.1. The molecule has 194 valence electrons. The fourth-order valence-corrected chi connectivity index (χ4v) is 6.38. The Morgan fingerprint density at radius 3 is 2.58 bits per heavy atom. The van der Waals surface area contributed by atoms with E-state index in [1.54, 1.807) is 14.2 Å². The van der Waals surface area contributed by atoms with E-state index in [2.05, 4.69) is 39.8 Å². The number of carboxylic acid groups (broad SMARTS) is 1. The molecule has 1 aliphatic carbocycles. The van der Waals surface area contributed by atoms with Gasteiger partial charge in [0.05, 0.1) is 14.2 Å². The van der Waals surface area contributed by atoms with Crippen LogP contribution in [0.25, 0.3) is 0 Å². The molecule has 4 rings (SSSR count). The van der Waals surface area contributed by atoms with Crippen molar-refractivity contribution in [2.45, 2.75) is 69.1 Å². The van der Waals surface area contributed by atoms with Crippen LogP contribution in [-0.4, -0.2) is 60.0 Å². The highest BCUT2D eigenvalue weighted by Gasteiger charge is 2.53. The third-order valence-electron chi connectivity index (χ3n) is 7.96. The molecule has 0 amide bonds.